The number of fused-ring (bicyclic) bond motifs is 5. The standard InChI is InChI=1S/C58H41N3OSi2/c1-5-22-44(23-6-1)63(45-24-7-2-8-25-45,48-30-17-20-42(38-48)52-33-15-16-36-59-52)49-31-18-21-43(39-49)61-53-41-55-57(40-51(53)50-32-19-37-60-58(50)61)64(46-26-9-3-10-27-46,47-28-11-4-12-29-47)56-35-14-13-34-54(56)62-55/h1-41H. The zero-order chi connectivity index (χ0) is 42.5. The molecule has 0 amide bonds. The predicted octanol–water partition coefficient (Wildman–Crippen LogP) is 8.10. The van der Waals surface area contributed by atoms with Gasteiger partial charge in [-0.25, -0.2) is 4.98 Å². The molecule has 0 spiro atoms. The molecule has 0 bridgehead atoms. The van der Waals surface area contributed by atoms with Crippen LogP contribution in [0.3, 0.4) is 0 Å². The molecule has 0 N–H and O–H groups in total. The Labute approximate surface area is 374 Å². The van der Waals surface area contributed by atoms with Crippen molar-refractivity contribution in [3.05, 3.63) is 249 Å². The summed E-state index contributed by atoms with van der Waals surface area (Å²) in [4.78, 5) is 9.94. The molecule has 64 heavy (non-hydrogen) atoms. The summed E-state index contributed by atoms with van der Waals surface area (Å²) < 4.78 is 9.43. The molecular formula is C58H41N3OSi2. The van der Waals surface area contributed by atoms with E-state index in [2.05, 4.69) is 235 Å². The van der Waals surface area contributed by atoms with Crippen molar-refractivity contribution < 1.29 is 4.74 Å². The molecule has 0 fully saturated rings. The highest BCUT2D eigenvalue weighted by atomic mass is 28.3. The van der Waals surface area contributed by atoms with Gasteiger partial charge in [0.15, 0.2) is 16.1 Å². The topological polar surface area (TPSA) is 39.9 Å². The minimum atomic E-state index is -2.98. The summed E-state index contributed by atoms with van der Waals surface area (Å²) in [6.07, 6.45) is 3.79. The van der Waals surface area contributed by atoms with Crippen molar-refractivity contribution in [2.45, 2.75) is 0 Å². The van der Waals surface area contributed by atoms with E-state index in [1.807, 2.05) is 18.5 Å². The summed E-state index contributed by atoms with van der Waals surface area (Å²) in [5, 5.41) is 12.6. The van der Waals surface area contributed by atoms with Gasteiger partial charge in [0.25, 0.3) is 0 Å². The summed E-state index contributed by atoms with van der Waals surface area (Å²) in [5.74, 6) is 1.79. The third-order valence-corrected chi connectivity index (χ3v) is 22.7. The molecule has 0 saturated carbocycles. The molecule has 4 nitrogen and oxygen atoms in total. The number of nitrogens with zero attached hydrogens (tertiary/aromatic N) is 3. The zero-order valence-electron chi connectivity index (χ0n) is 34.9. The van der Waals surface area contributed by atoms with E-state index < -0.39 is 16.1 Å². The van der Waals surface area contributed by atoms with Crippen molar-refractivity contribution in [1.29, 1.82) is 0 Å². The fraction of sp³-hybridized carbons (Fsp3) is 0. The number of hydrogen-bond donors (Lipinski definition) is 0. The molecule has 1 aliphatic heterocycles. The Morgan fingerprint density at radius 2 is 1.00 bits per heavy atom. The second kappa shape index (κ2) is 15.5. The van der Waals surface area contributed by atoms with Gasteiger partial charge in [-0.3, -0.25) is 9.55 Å². The maximum atomic E-state index is 7.07. The monoisotopic (exact) mass is 851 g/mol. The van der Waals surface area contributed by atoms with Crippen LogP contribution in [0, 0.1) is 0 Å². The number of rotatable bonds is 8. The summed E-state index contributed by atoms with van der Waals surface area (Å²) in [7, 11) is -5.86. The van der Waals surface area contributed by atoms with Crippen LogP contribution in [0.15, 0.2) is 249 Å². The Morgan fingerprint density at radius 3 is 1.69 bits per heavy atom. The van der Waals surface area contributed by atoms with Gasteiger partial charge >= 0.3 is 0 Å². The van der Waals surface area contributed by atoms with Crippen molar-refractivity contribution in [2.75, 3.05) is 0 Å². The van der Waals surface area contributed by atoms with Gasteiger partial charge in [-0.15, -0.1) is 0 Å². The Hall–Kier alpha value is -7.91. The average Bonchev–Trinajstić information content (AvgIpc) is 3.70. The Kier molecular flexibility index (Phi) is 9.14. The van der Waals surface area contributed by atoms with Gasteiger partial charge in [-0.1, -0.05) is 182 Å². The number of benzene rings is 8. The van der Waals surface area contributed by atoms with Crippen LogP contribution in [0.4, 0.5) is 0 Å². The van der Waals surface area contributed by atoms with Gasteiger partial charge < -0.3 is 4.74 Å². The molecule has 0 aliphatic carbocycles. The Balaban J connectivity index is 1.14. The van der Waals surface area contributed by atoms with E-state index in [4.69, 9.17) is 14.7 Å². The SMILES string of the molecule is c1ccc([Si](c2ccccc2)(c2cccc(-c3ccccn3)c2)c2cccc(-n3c4cc5c(cc4c4cccnc43)[Si](c3ccccc3)(c3ccccc3)c3ccccc3O5)c2)cc1. The van der Waals surface area contributed by atoms with Crippen LogP contribution in [0.2, 0.25) is 0 Å². The number of para-hydroxylation sites is 1. The van der Waals surface area contributed by atoms with Gasteiger partial charge in [0, 0.05) is 40.5 Å². The highest BCUT2D eigenvalue weighted by Crippen LogP contribution is 2.37. The molecule has 4 heterocycles. The van der Waals surface area contributed by atoms with E-state index in [0.29, 0.717) is 0 Å². The first-order chi connectivity index (χ1) is 31.7. The molecular weight excluding hydrogens is 811 g/mol. The molecule has 0 saturated heterocycles. The fourth-order valence-electron chi connectivity index (χ4n) is 10.5. The van der Waals surface area contributed by atoms with Crippen molar-refractivity contribution in [3.63, 3.8) is 0 Å². The largest absolute Gasteiger partial charge is 0.457 e. The second-order valence-electron chi connectivity index (χ2n) is 16.5. The van der Waals surface area contributed by atoms with Crippen LogP contribution >= 0.6 is 0 Å². The average molecular weight is 852 g/mol. The third kappa shape index (κ3) is 5.80. The normalized spacial score (nSPS) is 12.9. The van der Waals surface area contributed by atoms with Crippen molar-refractivity contribution in [1.82, 2.24) is 14.5 Å². The maximum absolute atomic E-state index is 7.07. The Bertz CT molecular complexity index is 3390. The predicted molar refractivity (Wildman–Crippen MR) is 269 cm³/mol. The second-order valence-corrected chi connectivity index (χ2v) is 24.0. The fourth-order valence-corrected chi connectivity index (χ4v) is 20.3. The van der Waals surface area contributed by atoms with Crippen molar-refractivity contribution >= 4 is 79.6 Å². The smallest absolute Gasteiger partial charge is 0.188 e. The molecule has 8 aromatic carbocycles. The van der Waals surface area contributed by atoms with E-state index in [0.717, 1.165) is 50.4 Å². The van der Waals surface area contributed by atoms with Crippen LogP contribution in [0.5, 0.6) is 11.5 Å². The quantitative estimate of drug-likeness (QED) is 0.115. The number of aromatic nitrogens is 3. The molecule has 3 aromatic heterocycles. The lowest BCUT2D eigenvalue weighted by Crippen LogP contribution is -2.76. The molecule has 11 aromatic rings. The Morgan fingerprint density at radius 1 is 0.406 bits per heavy atom. The molecule has 12 rings (SSSR count). The lowest BCUT2D eigenvalue weighted by molar-refractivity contribution is 0.487. The molecule has 0 unspecified atom stereocenters. The van der Waals surface area contributed by atoms with Crippen molar-refractivity contribution in [3.8, 4) is 28.4 Å². The minimum Gasteiger partial charge on any atom is -0.457 e. The van der Waals surface area contributed by atoms with Gasteiger partial charge in [-0.2, -0.15) is 0 Å². The van der Waals surface area contributed by atoms with Crippen LogP contribution in [0.25, 0.3) is 38.9 Å². The van der Waals surface area contributed by atoms with Crippen LogP contribution in [0.1, 0.15) is 0 Å². The molecule has 6 heteroatoms. The lowest BCUT2D eigenvalue weighted by Gasteiger charge is -2.39. The summed E-state index contributed by atoms with van der Waals surface area (Å²) >= 11 is 0. The van der Waals surface area contributed by atoms with Crippen LogP contribution in [-0.4, -0.2) is 30.7 Å². The highest BCUT2D eigenvalue weighted by Gasteiger charge is 2.48. The first-order valence-electron chi connectivity index (χ1n) is 21.8. The number of hydrogen-bond acceptors (Lipinski definition) is 3. The van der Waals surface area contributed by atoms with Crippen LogP contribution < -0.4 is 46.2 Å². The van der Waals surface area contributed by atoms with E-state index in [-0.39, 0.29) is 0 Å². The van der Waals surface area contributed by atoms with Gasteiger partial charge in [0.1, 0.15) is 17.1 Å². The highest BCUT2D eigenvalue weighted by molar-refractivity contribution is 7.21. The molecule has 0 radical (unpaired) electrons. The van der Waals surface area contributed by atoms with Gasteiger partial charge in [-0.05, 0) is 90.0 Å². The lowest BCUT2D eigenvalue weighted by atomic mass is 10.1. The van der Waals surface area contributed by atoms with E-state index in [9.17, 15) is 0 Å². The first-order valence-corrected chi connectivity index (χ1v) is 25.8. The summed E-state index contributed by atoms with van der Waals surface area (Å²) in [6.45, 7) is 0. The molecule has 1 aliphatic rings. The van der Waals surface area contributed by atoms with Crippen molar-refractivity contribution in [2.24, 2.45) is 0 Å². The first kappa shape index (κ1) is 37.8. The van der Waals surface area contributed by atoms with E-state index in [1.54, 1.807) is 0 Å². The molecule has 302 valence electrons. The third-order valence-electron chi connectivity index (χ3n) is 13.2. The van der Waals surface area contributed by atoms with Crippen LogP contribution in [-0.2, 0) is 0 Å². The number of pyridine rings is 2. The summed E-state index contributed by atoms with van der Waals surface area (Å²) in [5.41, 5.74) is 5.06. The summed E-state index contributed by atoms with van der Waals surface area (Å²) in [6, 6.07) is 86.5. The minimum absolute atomic E-state index is 0.884. The maximum Gasteiger partial charge on any atom is 0.188 e. The molecule has 0 atom stereocenters. The number of ether oxygens (including phenoxy) is 1. The zero-order valence-corrected chi connectivity index (χ0v) is 36.9. The van der Waals surface area contributed by atoms with Gasteiger partial charge in [0.05, 0.1) is 11.2 Å². The van der Waals surface area contributed by atoms with E-state index >= 15 is 0 Å². The van der Waals surface area contributed by atoms with Gasteiger partial charge in [0.2, 0.25) is 0 Å². The van der Waals surface area contributed by atoms with E-state index in [1.165, 1.54) is 41.5 Å².